The SMILES string of the molecule is CCCCCC/C(=C\C(C)(C)C)c1ccccc1. The second-order valence-electron chi connectivity index (χ2n) is 6.21. The maximum atomic E-state index is 2.44. The van der Waals surface area contributed by atoms with Crippen molar-refractivity contribution in [2.75, 3.05) is 0 Å². The number of allylic oxidation sites excluding steroid dienone is 2. The van der Waals surface area contributed by atoms with E-state index in [-0.39, 0.29) is 5.41 Å². The molecule has 0 saturated carbocycles. The molecule has 0 aliphatic heterocycles. The summed E-state index contributed by atoms with van der Waals surface area (Å²) < 4.78 is 0. The van der Waals surface area contributed by atoms with E-state index in [2.05, 4.69) is 64.1 Å². The second kappa shape index (κ2) is 7.41. The highest BCUT2D eigenvalue weighted by Crippen LogP contribution is 2.27. The van der Waals surface area contributed by atoms with Crippen LogP contribution in [0.2, 0.25) is 0 Å². The van der Waals surface area contributed by atoms with Gasteiger partial charge >= 0.3 is 0 Å². The fraction of sp³-hybridized carbons (Fsp3) is 0.556. The van der Waals surface area contributed by atoms with Crippen molar-refractivity contribution in [3.05, 3.63) is 42.0 Å². The van der Waals surface area contributed by atoms with Gasteiger partial charge in [-0.2, -0.15) is 0 Å². The summed E-state index contributed by atoms with van der Waals surface area (Å²) in [5.41, 5.74) is 3.17. The van der Waals surface area contributed by atoms with E-state index in [1.807, 2.05) is 0 Å². The molecule has 0 heteroatoms. The quantitative estimate of drug-likeness (QED) is 0.531. The molecule has 0 spiro atoms. The third-order valence-corrected chi connectivity index (χ3v) is 3.05. The van der Waals surface area contributed by atoms with Crippen LogP contribution < -0.4 is 0 Å². The molecule has 0 aromatic heterocycles. The molecule has 0 fully saturated rings. The van der Waals surface area contributed by atoms with E-state index in [1.54, 1.807) is 0 Å². The number of benzene rings is 1. The van der Waals surface area contributed by atoms with Gasteiger partial charge in [-0.1, -0.05) is 83.4 Å². The molecular formula is C18H28. The number of hydrogen-bond donors (Lipinski definition) is 0. The van der Waals surface area contributed by atoms with Gasteiger partial charge < -0.3 is 0 Å². The molecule has 0 nitrogen and oxygen atoms in total. The van der Waals surface area contributed by atoms with Crippen LogP contribution in [0.3, 0.4) is 0 Å². The zero-order chi connectivity index (χ0) is 13.4. The maximum Gasteiger partial charge on any atom is -0.0197 e. The van der Waals surface area contributed by atoms with Crippen LogP contribution in [0.25, 0.3) is 5.57 Å². The molecule has 0 aliphatic rings. The van der Waals surface area contributed by atoms with Crippen molar-refractivity contribution in [1.29, 1.82) is 0 Å². The van der Waals surface area contributed by atoms with Crippen LogP contribution in [0.1, 0.15) is 65.4 Å². The van der Waals surface area contributed by atoms with Gasteiger partial charge in [0.15, 0.2) is 0 Å². The van der Waals surface area contributed by atoms with Gasteiger partial charge in [-0.15, -0.1) is 0 Å². The lowest BCUT2D eigenvalue weighted by atomic mass is 9.89. The molecule has 100 valence electrons. The highest BCUT2D eigenvalue weighted by molar-refractivity contribution is 5.66. The summed E-state index contributed by atoms with van der Waals surface area (Å²) in [6.07, 6.45) is 8.98. The molecule has 0 radical (unpaired) electrons. The van der Waals surface area contributed by atoms with E-state index in [0.717, 1.165) is 0 Å². The van der Waals surface area contributed by atoms with E-state index in [9.17, 15) is 0 Å². The predicted molar refractivity (Wildman–Crippen MR) is 82.6 cm³/mol. The summed E-state index contributed by atoms with van der Waals surface area (Å²) in [7, 11) is 0. The normalized spacial score (nSPS) is 12.8. The molecule has 0 N–H and O–H groups in total. The van der Waals surface area contributed by atoms with Crippen molar-refractivity contribution in [3.63, 3.8) is 0 Å². The first kappa shape index (κ1) is 15.0. The van der Waals surface area contributed by atoms with Crippen LogP contribution in [-0.4, -0.2) is 0 Å². The maximum absolute atomic E-state index is 2.44. The molecule has 0 atom stereocenters. The zero-order valence-electron chi connectivity index (χ0n) is 12.5. The van der Waals surface area contributed by atoms with E-state index in [0.29, 0.717) is 0 Å². The first-order valence-electron chi connectivity index (χ1n) is 7.30. The monoisotopic (exact) mass is 244 g/mol. The Balaban J connectivity index is 2.74. The highest BCUT2D eigenvalue weighted by Gasteiger charge is 2.09. The van der Waals surface area contributed by atoms with Crippen LogP contribution in [0, 0.1) is 5.41 Å². The largest absolute Gasteiger partial charge is 0.0753 e. The third kappa shape index (κ3) is 6.05. The zero-order valence-corrected chi connectivity index (χ0v) is 12.5. The smallest absolute Gasteiger partial charge is 0.0197 e. The number of hydrogen-bond acceptors (Lipinski definition) is 0. The predicted octanol–water partition coefficient (Wildman–Crippen LogP) is 6.09. The van der Waals surface area contributed by atoms with E-state index < -0.39 is 0 Å². The molecule has 1 rings (SSSR count). The lowest BCUT2D eigenvalue weighted by molar-refractivity contribution is 0.543. The second-order valence-corrected chi connectivity index (χ2v) is 6.21. The standard InChI is InChI=1S/C18H28/c1-5-6-7-9-14-17(15-18(2,3)4)16-12-10-8-11-13-16/h8,10-13,15H,5-7,9,14H2,1-4H3/b17-15+. The lowest BCUT2D eigenvalue weighted by Gasteiger charge is -2.17. The van der Waals surface area contributed by atoms with Crippen LogP contribution in [-0.2, 0) is 0 Å². The molecule has 0 heterocycles. The third-order valence-electron chi connectivity index (χ3n) is 3.05. The van der Waals surface area contributed by atoms with Crippen LogP contribution in [0.15, 0.2) is 36.4 Å². The molecule has 0 amide bonds. The van der Waals surface area contributed by atoms with Gasteiger partial charge in [0.05, 0.1) is 0 Å². The van der Waals surface area contributed by atoms with Gasteiger partial charge in [-0.25, -0.2) is 0 Å². The molecule has 0 saturated heterocycles. The minimum atomic E-state index is 0.260. The molecule has 0 aliphatic carbocycles. The molecule has 18 heavy (non-hydrogen) atoms. The Bertz CT molecular complexity index is 351. The summed E-state index contributed by atoms with van der Waals surface area (Å²) in [4.78, 5) is 0. The first-order valence-corrected chi connectivity index (χ1v) is 7.30. The van der Waals surface area contributed by atoms with Gasteiger partial charge in [-0.3, -0.25) is 0 Å². The average molecular weight is 244 g/mol. The van der Waals surface area contributed by atoms with Crippen LogP contribution in [0.4, 0.5) is 0 Å². The Hall–Kier alpha value is -1.04. The first-order chi connectivity index (χ1) is 8.53. The van der Waals surface area contributed by atoms with Gasteiger partial charge in [-0.05, 0) is 29.4 Å². The van der Waals surface area contributed by atoms with Crippen molar-refractivity contribution in [2.24, 2.45) is 5.41 Å². The Labute approximate surface area is 113 Å². The minimum Gasteiger partial charge on any atom is -0.0753 e. The molecular weight excluding hydrogens is 216 g/mol. The Morgan fingerprint density at radius 1 is 1.00 bits per heavy atom. The number of rotatable bonds is 6. The van der Waals surface area contributed by atoms with Crippen molar-refractivity contribution in [3.8, 4) is 0 Å². The molecule has 1 aromatic rings. The van der Waals surface area contributed by atoms with Gasteiger partial charge in [0.25, 0.3) is 0 Å². The number of unbranched alkanes of at least 4 members (excludes halogenated alkanes) is 3. The van der Waals surface area contributed by atoms with Crippen LogP contribution >= 0.6 is 0 Å². The Morgan fingerprint density at radius 3 is 2.22 bits per heavy atom. The minimum absolute atomic E-state index is 0.260. The van der Waals surface area contributed by atoms with Gasteiger partial charge in [0.1, 0.15) is 0 Å². The van der Waals surface area contributed by atoms with E-state index >= 15 is 0 Å². The highest BCUT2D eigenvalue weighted by atomic mass is 14.1. The van der Waals surface area contributed by atoms with Crippen LogP contribution in [0.5, 0.6) is 0 Å². The molecule has 1 aromatic carbocycles. The van der Waals surface area contributed by atoms with E-state index in [4.69, 9.17) is 0 Å². The van der Waals surface area contributed by atoms with Crippen molar-refractivity contribution < 1.29 is 0 Å². The summed E-state index contributed by atoms with van der Waals surface area (Å²) in [6, 6.07) is 10.8. The summed E-state index contributed by atoms with van der Waals surface area (Å²) in [6.45, 7) is 9.11. The van der Waals surface area contributed by atoms with Gasteiger partial charge in [0.2, 0.25) is 0 Å². The van der Waals surface area contributed by atoms with Gasteiger partial charge in [0, 0.05) is 0 Å². The Kier molecular flexibility index (Phi) is 6.18. The van der Waals surface area contributed by atoms with Crippen molar-refractivity contribution >= 4 is 5.57 Å². The molecule has 0 unspecified atom stereocenters. The van der Waals surface area contributed by atoms with E-state index in [1.165, 1.54) is 43.2 Å². The fourth-order valence-corrected chi connectivity index (χ4v) is 2.22. The lowest BCUT2D eigenvalue weighted by Crippen LogP contribution is -2.01. The summed E-state index contributed by atoms with van der Waals surface area (Å²) in [5.74, 6) is 0. The average Bonchev–Trinajstić information content (AvgIpc) is 2.33. The topological polar surface area (TPSA) is 0 Å². The Morgan fingerprint density at radius 2 is 1.67 bits per heavy atom. The summed E-state index contributed by atoms with van der Waals surface area (Å²) in [5, 5.41) is 0. The van der Waals surface area contributed by atoms with Crippen molar-refractivity contribution in [1.82, 2.24) is 0 Å². The fourth-order valence-electron chi connectivity index (χ4n) is 2.22. The summed E-state index contributed by atoms with van der Waals surface area (Å²) >= 11 is 0. The van der Waals surface area contributed by atoms with Crippen molar-refractivity contribution in [2.45, 2.75) is 59.8 Å². The molecule has 0 bridgehead atoms.